The molecule has 0 saturated carbocycles. The minimum atomic E-state index is 0.227. The monoisotopic (exact) mass is 311 g/mol. The van der Waals surface area contributed by atoms with Gasteiger partial charge in [-0.1, -0.05) is 66.8 Å². The van der Waals surface area contributed by atoms with Crippen LogP contribution in [0.4, 0.5) is 0 Å². The molecule has 2 atom stereocenters. The van der Waals surface area contributed by atoms with Crippen LogP contribution in [0.15, 0.2) is 54.6 Å². The van der Waals surface area contributed by atoms with Crippen LogP contribution in [0.3, 0.4) is 0 Å². The second-order valence-corrected chi connectivity index (χ2v) is 6.30. The van der Waals surface area contributed by atoms with E-state index in [9.17, 15) is 0 Å². The fraction of sp³-hybridized carbons (Fsp3) is 0.316. The number of benzene rings is 2. The Bertz CT molecular complexity index is 628. The lowest BCUT2D eigenvalue weighted by Gasteiger charge is -2.37. The highest BCUT2D eigenvalue weighted by Crippen LogP contribution is 2.21. The van der Waals surface area contributed by atoms with E-state index < -0.39 is 0 Å². The smallest absolute Gasteiger partial charge is 0.109 e. The predicted molar refractivity (Wildman–Crippen MR) is 95.2 cm³/mol. The van der Waals surface area contributed by atoms with Crippen LogP contribution in [0.2, 0.25) is 0 Å². The molecule has 0 aliphatic carbocycles. The predicted octanol–water partition coefficient (Wildman–Crippen LogP) is 4.14. The highest BCUT2D eigenvalue weighted by atomic mass is 32.1. The standard InChI is InChI=1S/C19H21NOS/c1-14-12-20(13-15(2)21-14)19(22)18-10-8-17(9-11-18)16-6-4-3-5-7-16/h3-11,14-15H,12-13H2,1-2H3/t14-,15-/m1/s1. The van der Waals surface area contributed by atoms with Crippen molar-refractivity contribution in [2.24, 2.45) is 0 Å². The van der Waals surface area contributed by atoms with E-state index in [-0.39, 0.29) is 12.2 Å². The fourth-order valence-corrected chi connectivity index (χ4v) is 3.25. The Morgan fingerprint density at radius 2 is 1.45 bits per heavy atom. The lowest BCUT2D eigenvalue weighted by atomic mass is 10.0. The maximum Gasteiger partial charge on any atom is 0.109 e. The fourth-order valence-electron chi connectivity index (χ4n) is 2.96. The van der Waals surface area contributed by atoms with E-state index in [2.05, 4.69) is 67.3 Å². The van der Waals surface area contributed by atoms with Gasteiger partial charge in [0.2, 0.25) is 0 Å². The van der Waals surface area contributed by atoms with Gasteiger partial charge < -0.3 is 9.64 Å². The summed E-state index contributed by atoms with van der Waals surface area (Å²) in [7, 11) is 0. The zero-order valence-electron chi connectivity index (χ0n) is 13.0. The summed E-state index contributed by atoms with van der Waals surface area (Å²) in [5, 5.41) is 0. The van der Waals surface area contributed by atoms with Crippen LogP contribution in [0.1, 0.15) is 19.4 Å². The van der Waals surface area contributed by atoms with Crippen molar-refractivity contribution in [2.45, 2.75) is 26.1 Å². The van der Waals surface area contributed by atoms with Crippen LogP contribution in [-0.4, -0.2) is 35.2 Å². The van der Waals surface area contributed by atoms with Gasteiger partial charge in [0, 0.05) is 18.7 Å². The first-order valence-electron chi connectivity index (χ1n) is 7.73. The van der Waals surface area contributed by atoms with Crippen LogP contribution in [0.25, 0.3) is 11.1 Å². The number of rotatable bonds is 2. The molecule has 0 N–H and O–H groups in total. The zero-order chi connectivity index (χ0) is 15.5. The molecule has 1 saturated heterocycles. The van der Waals surface area contributed by atoms with Gasteiger partial charge in [0.05, 0.1) is 12.2 Å². The van der Waals surface area contributed by atoms with E-state index in [1.807, 2.05) is 6.07 Å². The topological polar surface area (TPSA) is 12.5 Å². The SMILES string of the molecule is C[C@@H]1CN(C(=S)c2ccc(-c3ccccc3)cc2)C[C@@H](C)O1. The van der Waals surface area contributed by atoms with Crippen LogP contribution < -0.4 is 0 Å². The van der Waals surface area contributed by atoms with Crippen LogP contribution in [0, 0.1) is 0 Å². The third-order valence-electron chi connectivity index (χ3n) is 3.95. The quantitative estimate of drug-likeness (QED) is 0.774. The first-order chi connectivity index (χ1) is 10.6. The number of ether oxygens (including phenoxy) is 1. The van der Waals surface area contributed by atoms with Gasteiger partial charge in [0.1, 0.15) is 4.99 Å². The molecule has 114 valence electrons. The molecule has 1 aliphatic heterocycles. The number of thiocarbonyl (C=S) groups is 1. The molecule has 0 spiro atoms. The molecular weight excluding hydrogens is 290 g/mol. The lowest BCUT2D eigenvalue weighted by molar-refractivity contribution is -0.0472. The molecule has 1 aliphatic rings. The summed E-state index contributed by atoms with van der Waals surface area (Å²) in [5.74, 6) is 0. The molecule has 3 rings (SSSR count). The van der Waals surface area contributed by atoms with Crippen molar-refractivity contribution in [3.8, 4) is 11.1 Å². The molecule has 0 unspecified atom stereocenters. The third-order valence-corrected chi connectivity index (χ3v) is 4.44. The van der Waals surface area contributed by atoms with E-state index in [0.717, 1.165) is 23.6 Å². The number of hydrogen-bond donors (Lipinski definition) is 0. The van der Waals surface area contributed by atoms with Gasteiger partial charge in [0.15, 0.2) is 0 Å². The van der Waals surface area contributed by atoms with Crippen molar-refractivity contribution in [3.63, 3.8) is 0 Å². The molecular formula is C19H21NOS. The molecule has 0 bridgehead atoms. The Morgan fingerprint density at radius 1 is 0.909 bits per heavy atom. The maximum absolute atomic E-state index is 5.78. The number of hydrogen-bond acceptors (Lipinski definition) is 2. The molecule has 0 aromatic heterocycles. The van der Waals surface area contributed by atoms with E-state index in [1.165, 1.54) is 11.1 Å². The van der Waals surface area contributed by atoms with Crippen molar-refractivity contribution >= 4 is 17.2 Å². The van der Waals surface area contributed by atoms with Gasteiger partial charge in [-0.15, -0.1) is 0 Å². The summed E-state index contributed by atoms with van der Waals surface area (Å²) in [6.07, 6.45) is 0.454. The summed E-state index contributed by atoms with van der Waals surface area (Å²) in [6, 6.07) is 18.9. The molecule has 1 fully saturated rings. The zero-order valence-corrected chi connectivity index (χ0v) is 13.8. The van der Waals surface area contributed by atoms with Gasteiger partial charge in [-0.05, 0) is 25.0 Å². The molecule has 2 aromatic carbocycles. The highest BCUT2D eigenvalue weighted by molar-refractivity contribution is 7.80. The van der Waals surface area contributed by atoms with Crippen molar-refractivity contribution < 1.29 is 4.74 Å². The molecule has 22 heavy (non-hydrogen) atoms. The van der Waals surface area contributed by atoms with Crippen molar-refractivity contribution in [1.82, 2.24) is 4.90 Å². The van der Waals surface area contributed by atoms with E-state index in [0.29, 0.717) is 0 Å². The van der Waals surface area contributed by atoms with Crippen molar-refractivity contribution in [2.75, 3.05) is 13.1 Å². The van der Waals surface area contributed by atoms with E-state index in [1.54, 1.807) is 0 Å². The highest BCUT2D eigenvalue weighted by Gasteiger charge is 2.24. The largest absolute Gasteiger partial charge is 0.372 e. The Morgan fingerprint density at radius 3 is 2.05 bits per heavy atom. The summed E-state index contributed by atoms with van der Waals surface area (Å²) < 4.78 is 5.78. The first-order valence-corrected chi connectivity index (χ1v) is 8.14. The Kier molecular flexibility index (Phi) is 4.55. The first kappa shape index (κ1) is 15.2. The average molecular weight is 311 g/mol. The normalized spacial score (nSPS) is 21.6. The second kappa shape index (κ2) is 6.59. The van der Waals surface area contributed by atoms with E-state index >= 15 is 0 Å². The summed E-state index contributed by atoms with van der Waals surface area (Å²) in [6.45, 7) is 5.93. The Balaban J connectivity index is 1.76. The van der Waals surface area contributed by atoms with Gasteiger partial charge in [-0.3, -0.25) is 0 Å². The van der Waals surface area contributed by atoms with Gasteiger partial charge in [0.25, 0.3) is 0 Å². The van der Waals surface area contributed by atoms with E-state index in [4.69, 9.17) is 17.0 Å². The Labute approximate surface area is 137 Å². The molecule has 2 aromatic rings. The lowest BCUT2D eigenvalue weighted by Crippen LogP contribution is -2.47. The van der Waals surface area contributed by atoms with Crippen molar-refractivity contribution in [1.29, 1.82) is 0 Å². The molecule has 2 nitrogen and oxygen atoms in total. The second-order valence-electron chi connectivity index (χ2n) is 5.91. The van der Waals surface area contributed by atoms with Gasteiger partial charge in [-0.2, -0.15) is 0 Å². The minimum absolute atomic E-state index is 0.227. The maximum atomic E-state index is 5.78. The summed E-state index contributed by atoms with van der Waals surface area (Å²) >= 11 is 5.68. The summed E-state index contributed by atoms with van der Waals surface area (Å²) in [5.41, 5.74) is 3.56. The summed E-state index contributed by atoms with van der Waals surface area (Å²) in [4.78, 5) is 3.17. The minimum Gasteiger partial charge on any atom is -0.372 e. The van der Waals surface area contributed by atoms with Crippen LogP contribution in [-0.2, 0) is 4.74 Å². The van der Waals surface area contributed by atoms with Gasteiger partial charge >= 0.3 is 0 Å². The third kappa shape index (κ3) is 3.37. The van der Waals surface area contributed by atoms with Crippen LogP contribution in [0.5, 0.6) is 0 Å². The molecule has 3 heteroatoms. The molecule has 0 radical (unpaired) electrons. The van der Waals surface area contributed by atoms with Gasteiger partial charge in [-0.25, -0.2) is 0 Å². The Hall–Kier alpha value is -1.71. The van der Waals surface area contributed by atoms with Crippen molar-refractivity contribution in [3.05, 3.63) is 60.2 Å². The molecule has 0 amide bonds. The average Bonchev–Trinajstić information content (AvgIpc) is 2.54. The van der Waals surface area contributed by atoms with Crippen LogP contribution >= 0.6 is 12.2 Å². The molecule has 1 heterocycles. The number of morpholine rings is 1. The number of nitrogens with zero attached hydrogens (tertiary/aromatic N) is 1.